The standard InChI is InChI=1S/C19H18O3/c1-4-13-5-7-14(8-6-13)18(20)19-12(2)16-11-15(21-3)9-10-17(16)22-19/h5-11H,4H2,1-3H3. The van der Waals surface area contributed by atoms with E-state index in [-0.39, 0.29) is 5.78 Å². The minimum atomic E-state index is -0.0877. The van der Waals surface area contributed by atoms with E-state index in [1.807, 2.05) is 49.4 Å². The van der Waals surface area contributed by atoms with Gasteiger partial charge in [0, 0.05) is 16.5 Å². The predicted octanol–water partition coefficient (Wildman–Crippen LogP) is 4.54. The monoisotopic (exact) mass is 294 g/mol. The molecule has 0 atom stereocenters. The van der Waals surface area contributed by atoms with Gasteiger partial charge in [-0.15, -0.1) is 0 Å². The van der Waals surface area contributed by atoms with Crippen LogP contribution in [0.5, 0.6) is 5.75 Å². The zero-order chi connectivity index (χ0) is 15.7. The fourth-order valence-corrected chi connectivity index (χ4v) is 2.57. The number of fused-ring (bicyclic) bond motifs is 1. The first-order valence-electron chi connectivity index (χ1n) is 7.34. The fourth-order valence-electron chi connectivity index (χ4n) is 2.57. The SMILES string of the molecule is CCc1ccc(C(=O)c2oc3ccc(OC)cc3c2C)cc1. The Hall–Kier alpha value is -2.55. The number of carbonyl (C=O) groups is 1. The number of aryl methyl sites for hydroxylation is 2. The van der Waals surface area contributed by atoms with Gasteiger partial charge < -0.3 is 9.15 Å². The van der Waals surface area contributed by atoms with E-state index in [0.29, 0.717) is 16.9 Å². The highest BCUT2D eigenvalue weighted by Gasteiger charge is 2.19. The number of furan rings is 1. The van der Waals surface area contributed by atoms with Crippen molar-refractivity contribution < 1.29 is 13.9 Å². The third-order valence-electron chi connectivity index (χ3n) is 3.97. The second-order valence-corrected chi connectivity index (χ2v) is 5.30. The predicted molar refractivity (Wildman–Crippen MR) is 86.8 cm³/mol. The summed E-state index contributed by atoms with van der Waals surface area (Å²) in [6.07, 6.45) is 0.956. The minimum absolute atomic E-state index is 0.0877. The Labute approximate surface area is 129 Å². The second kappa shape index (κ2) is 5.68. The molecule has 0 amide bonds. The maximum absolute atomic E-state index is 12.7. The summed E-state index contributed by atoms with van der Waals surface area (Å²) in [5.41, 5.74) is 3.40. The molecule has 0 spiro atoms. The lowest BCUT2D eigenvalue weighted by molar-refractivity contribution is 0.101. The lowest BCUT2D eigenvalue weighted by atomic mass is 10.0. The normalized spacial score (nSPS) is 10.9. The molecule has 3 aromatic rings. The van der Waals surface area contributed by atoms with E-state index in [0.717, 1.165) is 23.1 Å². The van der Waals surface area contributed by atoms with Crippen molar-refractivity contribution in [2.45, 2.75) is 20.3 Å². The number of carbonyl (C=O) groups excluding carboxylic acids is 1. The first kappa shape index (κ1) is 14.4. The van der Waals surface area contributed by atoms with Gasteiger partial charge in [-0.3, -0.25) is 4.79 Å². The molecule has 0 N–H and O–H groups in total. The number of methoxy groups -OCH3 is 1. The molecular formula is C19H18O3. The van der Waals surface area contributed by atoms with Crippen LogP contribution in [0.15, 0.2) is 46.9 Å². The Morgan fingerprint density at radius 2 is 1.86 bits per heavy atom. The van der Waals surface area contributed by atoms with Crippen molar-refractivity contribution in [3.05, 3.63) is 64.9 Å². The van der Waals surface area contributed by atoms with Crippen LogP contribution in [0.2, 0.25) is 0 Å². The molecule has 22 heavy (non-hydrogen) atoms. The van der Waals surface area contributed by atoms with Gasteiger partial charge in [0.2, 0.25) is 5.78 Å². The number of rotatable bonds is 4. The van der Waals surface area contributed by atoms with Crippen LogP contribution in [0.4, 0.5) is 0 Å². The van der Waals surface area contributed by atoms with Gasteiger partial charge in [0.05, 0.1) is 7.11 Å². The van der Waals surface area contributed by atoms with Crippen molar-refractivity contribution in [3.63, 3.8) is 0 Å². The van der Waals surface area contributed by atoms with E-state index >= 15 is 0 Å². The first-order chi connectivity index (χ1) is 10.6. The lowest BCUT2D eigenvalue weighted by Crippen LogP contribution is -2.01. The van der Waals surface area contributed by atoms with E-state index in [1.54, 1.807) is 7.11 Å². The summed E-state index contributed by atoms with van der Waals surface area (Å²) in [5, 5.41) is 0.910. The zero-order valence-electron chi connectivity index (χ0n) is 13.0. The van der Waals surface area contributed by atoms with Gasteiger partial charge in [-0.25, -0.2) is 0 Å². The lowest BCUT2D eigenvalue weighted by Gasteiger charge is -2.01. The molecule has 0 unspecified atom stereocenters. The van der Waals surface area contributed by atoms with Crippen LogP contribution in [0.3, 0.4) is 0 Å². The van der Waals surface area contributed by atoms with E-state index < -0.39 is 0 Å². The third kappa shape index (κ3) is 2.39. The van der Waals surface area contributed by atoms with Crippen molar-refractivity contribution in [3.8, 4) is 5.75 Å². The summed E-state index contributed by atoms with van der Waals surface area (Å²) < 4.78 is 11.0. The average molecular weight is 294 g/mol. The molecule has 112 valence electrons. The Bertz CT molecular complexity index is 826. The first-order valence-corrected chi connectivity index (χ1v) is 7.34. The van der Waals surface area contributed by atoms with Gasteiger partial charge in [0.15, 0.2) is 5.76 Å². The van der Waals surface area contributed by atoms with Gasteiger partial charge in [0.1, 0.15) is 11.3 Å². The van der Waals surface area contributed by atoms with E-state index in [4.69, 9.17) is 9.15 Å². The van der Waals surface area contributed by atoms with Crippen molar-refractivity contribution >= 4 is 16.8 Å². The highest BCUT2D eigenvalue weighted by Crippen LogP contribution is 2.30. The number of ether oxygens (including phenoxy) is 1. The molecule has 3 heteroatoms. The summed E-state index contributed by atoms with van der Waals surface area (Å²) in [5.74, 6) is 1.06. The van der Waals surface area contributed by atoms with Crippen LogP contribution in [0, 0.1) is 6.92 Å². The summed E-state index contributed by atoms with van der Waals surface area (Å²) in [6.45, 7) is 3.99. The maximum Gasteiger partial charge on any atom is 0.228 e. The topological polar surface area (TPSA) is 39.4 Å². The molecule has 0 aliphatic carbocycles. The Morgan fingerprint density at radius 1 is 1.14 bits per heavy atom. The highest BCUT2D eigenvalue weighted by atomic mass is 16.5. The molecular weight excluding hydrogens is 276 g/mol. The molecule has 0 saturated heterocycles. The third-order valence-corrected chi connectivity index (χ3v) is 3.97. The Balaban J connectivity index is 2.04. The van der Waals surface area contributed by atoms with E-state index in [2.05, 4.69) is 6.92 Å². The fraction of sp³-hybridized carbons (Fsp3) is 0.211. The minimum Gasteiger partial charge on any atom is -0.497 e. The number of ketones is 1. The second-order valence-electron chi connectivity index (χ2n) is 5.30. The van der Waals surface area contributed by atoms with Crippen molar-refractivity contribution in [1.82, 2.24) is 0 Å². The van der Waals surface area contributed by atoms with Crippen LogP contribution in [-0.2, 0) is 6.42 Å². The molecule has 1 aromatic heterocycles. The molecule has 0 radical (unpaired) electrons. The van der Waals surface area contributed by atoms with Crippen molar-refractivity contribution in [2.75, 3.05) is 7.11 Å². The zero-order valence-corrected chi connectivity index (χ0v) is 13.0. The summed E-state index contributed by atoms with van der Waals surface area (Å²) in [6, 6.07) is 13.2. The van der Waals surface area contributed by atoms with Gasteiger partial charge in [0.25, 0.3) is 0 Å². The Morgan fingerprint density at radius 3 is 2.50 bits per heavy atom. The molecule has 0 saturated carbocycles. The largest absolute Gasteiger partial charge is 0.497 e. The molecule has 3 rings (SSSR count). The molecule has 3 nitrogen and oxygen atoms in total. The summed E-state index contributed by atoms with van der Waals surface area (Å²) >= 11 is 0. The summed E-state index contributed by atoms with van der Waals surface area (Å²) in [7, 11) is 1.62. The van der Waals surface area contributed by atoms with E-state index in [9.17, 15) is 4.79 Å². The number of hydrogen-bond donors (Lipinski definition) is 0. The molecule has 1 heterocycles. The molecule has 0 bridgehead atoms. The molecule has 0 fully saturated rings. The van der Waals surface area contributed by atoms with Gasteiger partial charge in [-0.1, -0.05) is 31.2 Å². The van der Waals surface area contributed by atoms with Crippen LogP contribution < -0.4 is 4.74 Å². The van der Waals surface area contributed by atoms with E-state index in [1.165, 1.54) is 5.56 Å². The maximum atomic E-state index is 12.7. The molecule has 0 aliphatic heterocycles. The van der Waals surface area contributed by atoms with Crippen LogP contribution in [-0.4, -0.2) is 12.9 Å². The van der Waals surface area contributed by atoms with Crippen LogP contribution >= 0.6 is 0 Å². The number of hydrogen-bond acceptors (Lipinski definition) is 3. The van der Waals surface area contributed by atoms with Gasteiger partial charge >= 0.3 is 0 Å². The van der Waals surface area contributed by atoms with Crippen LogP contribution in [0.1, 0.15) is 34.2 Å². The average Bonchev–Trinajstić information content (AvgIpc) is 2.90. The molecule has 2 aromatic carbocycles. The summed E-state index contributed by atoms with van der Waals surface area (Å²) in [4.78, 5) is 12.7. The van der Waals surface area contributed by atoms with Gasteiger partial charge in [-0.2, -0.15) is 0 Å². The van der Waals surface area contributed by atoms with Crippen molar-refractivity contribution in [1.29, 1.82) is 0 Å². The Kier molecular flexibility index (Phi) is 3.72. The van der Waals surface area contributed by atoms with Crippen LogP contribution in [0.25, 0.3) is 11.0 Å². The van der Waals surface area contributed by atoms with Crippen molar-refractivity contribution in [2.24, 2.45) is 0 Å². The quantitative estimate of drug-likeness (QED) is 0.663. The number of benzene rings is 2. The van der Waals surface area contributed by atoms with Gasteiger partial charge in [-0.05, 0) is 37.1 Å². The smallest absolute Gasteiger partial charge is 0.228 e. The highest BCUT2D eigenvalue weighted by molar-refractivity contribution is 6.10. The molecule has 0 aliphatic rings.